The van der Waals surface area contributed by atoms with Crippen molar-refractivity contribution in [2.75, 3.05) is 18.5 Å². The molecule has 0 amide bonds. The molecule has 2 N–H and O–H groups in total. The number of thiophene rings is 1. The molecule has 2 aromatic heterocycles. The fraction of sp³-hybridized carbons (Fsp3) is 0.214. The number of aromatic amines is 1. The topological polar surface area (TPSA) is 59.2 Å². The number of imidazole rings is 1. The molecule has 1 aliphatic heterocycles. The fourth-order valence-electron chi connectivity index (χ4n) is 2.21. The van der Waals surface area contributed by atoms with Crippen LogP contribution in [0.1, 0.15) is 4.88 Å². The molecule has 5 nitrogen and oxygen atoms in total. The number of ether oxygens (including phenoxy) is 2. The Morgan fingerprint density at radius 3 is 2.90 bits per heavy atom. The van der Waals surface area contributed by atoms with E-state index in [-0.39, 0.29) is 0 Å². The maximum atomic E-state index is 5.57. The Balaban J connectivity index is 1.61. The van der Waals surface area contributed by atoms with Crippen LogP contribution in [0.2, 0.25) is 0 Å². The van der Waals surface area contributed by atoms with E-state index in [0.717, 1.165) is 35.0 Å². The van der Waals surface area contributed by atoms with Gasteiger partial charge in [0.05, 0.1) is 17.6 Å². The number of fused-ring (bicyclic) bond motifs is 2. The Bertz CT molecular complexity index is 693. The molecule has 4 rings (SSSR count). The van der Waals surface area contributed by atoms with Crippen molar-refractivity contribution in [3.8, 4) is 11.5 Å². The first kappa shape index (κ1) is 11.6. The summed E-state index contributed by atoms with van der Waals surface area (Å²) in [6.45, 7) is 1.95. The second-order valence-corrected chi connectivity index (χ2v) is 5.56. The monoisotopic (exact) mass is 287 g/mol. The summed E-state index contributed by atoms with van der Waals surface area (Å²) in [6, 6.07) is 7.99. The van der Waals surface area contributed by atoms with Crippen LogP contribution >= 0.6 is 11.3 Å². The van der Waals surface area contributed by atoms with Crippen LogP contribution in [-0.2, 0) is 6.54 Å². The van der Waals surface area contributed by atoms with Gasteiger partial charge in [-0.2, -0.15) is 0 Å². The number of aromatic nitrogens is 2. The molecule has 0 radical (unpaired) electrons. The maximum Gasteiger partial charge on any atom is 0.201 e. The largest absolute Gasteiger partial charge is 0.486 e. The average Bonchev–Trinajstić information content (AvgIpc) is 3.11. The second-order valence-electron chi connectivity index (χ2n) is 4.53. The molecule has 0 aliphatic carbocycles. The smallest absolute Gasteiger partial charge is 0.201 e. The standard InChI is InChI=1S/C14H13N3O2S/c1-2-9(20-5-1)8-15-14-16-10-6-12-13(7-11(10)17-14)19-4-3-18-12/h1-2,5-7H,3-4,8H2,(H2,15,16,17). The van der Waals surface area contributed by atoms with Gasteiger partial charge in [-0.05, 0) is 11.4 Å². The van der Waals surface area contributed by atoms with Crippen LogP contribution in [0.15, 0.2) is 29.6 Å². The van der Waals surface area contributed by atoms with Gasteiger partial charge in [0.1, 0.15) is 13.2 Å². The van der Waals surface area contributed by atoms with Crippen molar-refractivity contribution in [2.45, 2.75) is 6.54 Å². The van der Waals surface area contributed by atoms with Crippen LogP contribution in [0, 0.1) is 0 Å². The zero-order chi connectivity index (χ0) is 13.4. The van der Waals surface area contributed by atoms with Crippen LogP contribution in [-0.4, -0.2) is 23.2 Å². The number of benzene rings is 1. The summed E-state index contributed by atoms with van der Waals surface area (Å²) >= 11 is 1.73. The molecule has 1 aromatic carbocycles. The van der Waals surface area contributed by atoms with Gasteiger partial charge in [0, 0.05) is 17.0 Å². The summed E-state index contributed by atoms with van der Waals surface area (Å²) in [5.41, 5.74) is 1.82. The third-order valence-corrected chi connectivity index (χ3v) is 4.03. The van der Waals surface area contributed by atoms with Crippen LogP contribution in [0.5, 0.6) is 11.5 Å². The van der Waals surface area contributed by atoms with E-state index in [9.17, 15) is 0 Å². The molecule has 0 saturated carbocycles. The number of rotatable bonds is 3. The first-order valence-corrected chi connectivity index (χ1v) is 7.32. The highest BCUT2D eigenvalue weighted by molar-refractivity contribution is 7.09. The molecule has 0 atom stereocenters. The minimum Gasteiger partial charge on any atom is -0.486 e. The van der Waals surface area contributed by atoms with E-state index in [4.69, 9.17) is 9.47 Å². The summed E-state index contributed by atoms with van der Waals surface area (Å²) in [4.78, 5) is 9.05. The normalized spacial score (nSPS) is 13.6. The third kappa shape index (κ3) is 2.08. The van der Waals surface area contributed by atoms with Gasteiger partial charge in [0.25, 0.3) is 0 Å². The van der Waals surface area contributed by atoms with Gasteiger partial charge < -0.3 is 19.8 Å². The molecular weight excluding hydrogens is 274 g/mol. The van der Waals surface area contributed by atoms with Crippen LogP contribution in [0.4, 0.5) is 5.95 Å². The van der Waals surface area contributed by atoms with E-state index in [1.54, 1.807) is 11.3 Å². The molecule has 0 unspecified atom stereocenters. The predicted molar refractivity (Wildman–Crippen MR) is 78.7 cm³/mol. The molecule has 0 saturated heterocycles. The number of H-pyrrole nitrogens is 1. The highest BCUT2D eigenvalue weighted by Crippen LogP contribution is 2.34. The molecule has 0 spiro atoms. The molecule has 0 fully saturated rings. The molecule has 102 valence electrons. The first-order chi connectivity index (χ1) is 9.88. The SMILES string of the molecule is c1csc(CNc2nc3cc4c(cc3[nH]2)OCCO4)c1. The van der Waals surface area contributed by atoms with Crippen molar-refractivity contribution in [3.63, 3.8) is 0 Å². The Morgan fingerprint density at radius 1 is 1.25 bits per heavy atom. The quantitative estimate of drug-likeness (QED) is 0.777. The Labute approximate surface area is 119 Å². The lowest BCUT2D eigenvalue weighted by molar-refractivity contribution is 0.172. The van der Waals surface area contributed by atoms with E-state index in [1.807, 2.05) is 18.2 Å². The predicted octanol–water partition coefficient (Wildman–Crippen LogP) is 3.01. The van der Waals surface area contributed by atoms with Crippen LogP contribution < -0.4 is 14.8 Å². The lowest BCUT2D eigenvalue weighted by Gasteiger charge is -2.17. The van der Waals surface area contributed by atoms with E-state index in [2.05, 4.69) is 26.7 Å². The van der Waals surface area contributed by atoms with Gasteiger partial charge >= 0.3 is 0 Å². The zero-order valence-electron chi connectivity index (χ0n) is 10.7. The molecule has 20 heavy (non-hydrogen) atoms. The maximum absolute atomic E-state index is 5.57. The van der Waals surface area contributed by atoms with Gasteiger partial charge in [-0.15, -0.1) is 11.3 Å². The average molecular weight is 287 g/mol. The summed E-state index contributed by atoms with van der Waals surface area (Å²) in [5, 5.41) is 5.36. The molecule has 6 heteroatoms. The summed E-state index contributed by atoms with van der Waals surface area (Å²) < 4.78 is 11.1. The van der Waals surface area contributed by atoms with Crippen molar-refractivity contribution >= 4 is 28.3 Å². The summed E-state index contributed by atoms with van der Waals surface area (Å²) in [6.07, 6.45) is 0. The molecular formula is C14H13N3O2S. The lowest BCUT2D eigenvalue weighted by Crippen LogP contribution is -2.15. The molecule has 3 heterocycles. The van der Waals surface area contributed by atoms with Crippen molar-refractivity contribution in [3.05, 3.63) is 34.5 Å². The van der Waals surface area contributed by atoms with E-state index in [1.165, 1.54) is 4.88 Å². The Hall–Kier alpha value is -2.21. The first-order valence-electron chi connectivity index (χ1n) is 6.44. The molecule has 3 aromatic rings. The number of anilines is 1. The third-order valence-electron chi connectivity index (χ3n) is 3.16. The van der Waals surface area contributed by atoms with Gasteiger partial charge in [-0.1, -0.05) is 6.07 Å². The van der Waals surface area contributed by atoms with E-state index < -0.39 is 0 Å². The molecule has 0 bridgehead atoms. The van der Waals surface area contributed by atoms with Crippen molar-refractivity contribution in [1.82, 2.24) is 9.97 Å². The number of nitrogens with one attached hydrogen (secondary N) is 2. The van der Waals surface area contributed by atoms with Gasteiger partial charge in [0.2, 0.25) is 5.95 Å². The summed E-state index contributed by atoms with van der Waals surface area (Å²) in [7, 11) is 0. The molecule has 1 aliphatic rings. The van der Waals surface area contributed by atoms with Gasteiger partial charge in [-0.3, -0.25) is 0 Å². The Kier molecular flexibility index (Phi) is 2.74. The highest BCUT2D eigenvalue weighted by atomic mass is 32.1. The van der Waals surface area contributed by atoms with Gasteiger partial charge in [-0.25, -0.2) is 4.98 Å². The minimum atomic E-state index is 0.590. The number of hydrogen-bond acceptors (Lipinski definition) is 5. The van der Waals surface area contributed by atoms with Crippen LogP contribution in [0.25, 0.3) is 11.0 Å². The van der Waals surface area contributed by atoms with Crippen molar-refractivity contribution in [1.29, 1.82) is 0 Å². The lowest BCUT2D eigenvalue weighted by atomic mass is 10.2. The number of hydrogen-bond donors (Lipinski definition) is 2. The Morgan fingerprint density at radius 2 is 2.10 bits per heavy atom. The van der Waals surface area contributed by atoms with E-state index >= 15 is 0 Å². The fourth-order valence-corrected chi connectivity index (χ4v) is 2.86. The van der Waals surface area contributed by atoms with Crippen molar-refractivity contribution in [2.24, 2.45) is 0 Å². The zero-order valence-corrected chi connectivity index (χ0v) is 11.5. The van der Waals surface area contributed by atoms with E-state index in [0.29, 0.717) is 13.2 Å². The highest BCUT2D eigenvalue weighted by Gasteiger charge is 2.14. The second kappa shape index (κ2) is 4.72. The van der Waals surface area contributed by atoms with Crippen molar-refractivity contribution < 1.29 is 9.47 Å². The van der Waals surface area contributed by atoms with Gasteiger partial charge in [0.15, 0.2) is 11.5 Å². The summed E-state index contributed by atoms with van der Waals surface area (Å²) in [5.74, 6) is 2.30. The number of nitrogens with zero attached hydrogens (tertiary/aromatic N) is 1. The van der Waals surface area contributed by atoms with Crippen LogP contribution in [0.3, 0.4) is 0 Å². The minimum absolute atomic E-state index is 0.590.